The van der Waals surface area contributed by atoms with Crippen LogP contribution in [0.15, 0.2) is 33.5 Å². The molecule has 4 rings (SSSR count). The Kier molecular flexibility index (Phi) is 3.46. The lowest BCUT2D eigenvalue weighted by Gasteiger charge is -2.21. The number of methoxy groups -OCH3 is 2. The third kappa shape index (κ3) is 2.05. The molecule has 0 amide bonds. The third-order valence-corrected chi connectivity index (χ3v) is 4.70. The summed E-state index contributed by atoms with van der Waals surface area (Å²) in [6, 6.07) is 7.75. The average Bonchev–Trinajstić information content (AvgIpc) is 2.63. The Hall–Kier alpha value is -2.95. The van der Waals surface area contributed by atoms with Gasteiger partial charge in [0.2, 0.25) is 11.2 Å². The summed E-state index contributed by atoms with van der Waals surface area (Å²) in [5.74, 6) is 1.79. The SMILES string of the molecule is COc1c(C)c(OC)c2c(=O)c3c(oc2c1C)-c1ccccc1CO3. The lowest BCUT2D eigenvalue weighted by atomic mass is 9.99. The molecule has 2 heterocycles. The van der Waals surface area contributed by atoms with E-state index in [2.05, 4.69) is 0 Å². The molecule has 25 heavy (non-hydrogen) atoms. The summed E-state index contributed by atoms with van der Waals surface area (Å²) in [5, 5.41) is 0.386. The van der Waals surface area contributed by atoms with E-state index in [0.717, 1.165) is 22.3 Å². The maximum Gasteiger partial charge on any atom is 0.239 e. The number of hydrogen-bond donors (Lipinski definition) is 0. The summed E-state index contributed by atoms with van der Waals surface area (Å²) >= 11 is 0. The summed E-state index contributed by atoms with van der Waals surface area (Å²) in [4.78, 5) is 13.2. The van der Waals surface area contributed by atoms with Gasteiger partial charge in [-0.2, -0.15) is 0 Å². The summed E-state index contributed by atoms with van der Waals surface area (Å²) < 4.78 is 22.9. The first-order chi connectivity index (χ1) is 12.1. The molecule has 0 spiro atoms. The van der Waals surface area contributed by atoms with Crippen LogP contribution in [0.1, 0.15) is 16.7 Å². The van der Waals surface area contributed by atoms with Gasteiger partial charge in [0.15, 0.2) is 5.76 Å². The number of rotatable bonds is 2. The molecule has 0 saturated carbocycles. The predicted molar refractivity (Wildman–Crippen MR) is 94.8 cm³/mol. The van der Waals surface area contributed by atoms with Crippen LogP contribution >= 0.6 is 0 Å². The van der Waals surface area contributed by atoms with Gasteiger partial charge in [0.1, 0.15) is 29.1 Å². The molecule has 128 valence electrons. The van der Waals surface area contributed by atoms with Gasteiger partial charge in [-0.1, -0.05) is 24.3 Å². The van der Waals surface area contributed by atoms with Crippen molar-refractivity contribution in [3.8, 4) is 28.6 Å². The van der Waals surface area contributed by atoms with Crippen LogP contribution in [0.2, 0.25) is 0 Å². The standard InChI is InChI=1S/C20H18O5/c1-10-16(22-3)11(2)18-14(17(10)23-4)15(21)20-19(25-18)13-8-6-5-7-12(13)9-24-20/h5-8H,9H2,1-4H3. The Morgan fingerprint density at radius 1 is 1.00 bits per heavy atom. The molecule has 2 aromatic carbocycles. The smallest absolute Gasteiger partial charge is 0.239 e. The molecule has 0 radical (unpaired) electrons. The summed E-state index contributed by atoms with van der Waals surface area (Å²) in [7, 11) is 3.13. The molecule has 1 aliphatic rings. The van der Waals surface area contributed by atoms with Gasteiger partial charge in [0.25, 0.3) is 0 Å². The van der Waals surface area contributed by atoms with Crippen LogP contribution < -0.4 is 19.6 Å². The Morgan fingerprint density at radius 2 is 1.72 bits per heavy atom. The predicted octanol–water partition coefficient (Wildman–Crippen LogP) is 3.99. The van der Waals surface area contributed by atoms with Gasteiger partial charge in [0, 0.05) is 22.3 Å². The van der Waals surface area contributed by atoms with Crippen molar-refractivity contribution >= 4 is 11.0 Å². The zero-order valence-electron chi connectivity index (χ0n) is 14.6. The van der Waals surface area contributed by atoms with Crippen molar-refractivity contribution in [1.82, 2.24) is 0 Å². The van der Waals surface area contributed by atoms with Gasteiger partial charge in [-0.15, -0.1) is 0 Å². The minimum Gasteiger partial charge on any atom is -0.496 e. The minimum absolute atomic E-state index is 0.226. The number of benzene rings is 2. The largest absolute Gasteiger partial charge is 0.496 e. The van der Waals surface area contributed by atoms with E-state index >= 15 is 0 Å². The van der Waals surface area contributed by atoms with Crippen molar-refractivity contribution in [3.63, 3.8) is 0 Å². The second-order valence-electron chi connectivity index (χ2n) is 6.06. The van der Waals surface area contributed by atoms with Gasteiger partial charge in [-0.25, -0.2) is 0 Å². The summed E-state index contributed by atoms with van der Waals surface area (Å²) in [5.41, 5.74) is 3.62. The van der Waals surface area contributed by atoms with E-state index in [1.165, 1.54) is 7.11 Å². The highest BCUT2D eigenvalue weighted by Crippen LogP contribution is 2.43. The van der Waals surface area contributed by atoms with E-state index in [0.29, 0.717) is 34.8 Å². The number of hydrogen-bond acceptors (Lipinski definition) is 5. The van der Waals surface area contributed by atoms with Crippen LogP contribution in [0.4, 0.5) is 0 Å². The molecule has 0 atom stereocenters. The molecule has 0 bridgehead atoms. The molecule has 1 aliphatic heterocycles. The lowest BCUT2D eigenvalue weighted by Crippen LogP contribution is -2.16. The van der Waals surface area contributed by atoms with Crippen LogP contribution in [0.5, 0.6) is 17.2 Å². The molecule has 5 heteroatoms. The topological polar surface area (TPSA) is 57.9 Å². The monoisotopic (exact) mass is 338 g/mol. The lowest BCUT2D eigenvalue weighted by molar-refractivity contribution is 0.289. The van der Waals surface area contributed by atoms with Gasteiger partial charge in [0.05, 0.1) is 14.2 Å². The molecule has 0 saturated heterocycles. The van der Waals surface area contributed by atoms with Gasteiger partial charge >= 0.3 is 0 Å². The average molecular weight is 338 g/mol. The molecule has 0 unspecified atom stereocenters. The third-order valence-electron chi connectivity index (χ3n) is 4.70. The van der Waals surface area contributed by atoms with Gasteiger partial charge in [-0.05, 0) is 13.8 Å². The van der Waals surface area contributed by atoms with E-state index in [4.69, 9.17) is 18.6 Å². The van der Waals surface area contributed by atoms with E-state index in [1.54, 1.807) is 7.11 Å². The Bertz CT molecular complexity index is 1060. The zero-order valence-corrected chi connectivity index (χ0v) is 14.6. The van der Waals surface area contributed by atoms with Crippen molar-refractivity contribution in [2.24, 2.45) is 0 Å². The first-order valence-electron chi connectivity index (χ1n) is 8.01. The normalized spacial score (nSPS) is 12.3. The fourth-order valence-corrected chi connectivity index (χ4v) is 3.55. The van der Waals surface area contributed by atoms with E-state index in [9.17, 15) is 4.79 Å². The van der Waals surface area contributed by atoms with Crippen molar-refractivity contribution in [2.45, 2.75) is 20.5 Å². The molecule has 0 aliphatic carbocycles. The van der Waals surface area contributed by atoms with Gasteiger partial charge < -0.3 is 18.6 Å². The molecule has 1 aromatic heterocycles. The van der Waals surface area contributed by atoms with Crippen molar-refractivity contribution in [3.05, 3.63) is 51.2 Å². The number of ether oxygens (including phenoxy) is 3. The Balaban J connectivity index is 2.19. The second-order valence-corrected chi connectivity index (χ2v) is 6.06. The number of fused-ring (bicyclic) bond motifs is 4. The molecule has 0 fully saturated rings. The molecule has 0 N–H and O–H groups in total. The van der Waals surface area contributed by atoms with Crippen LogP contribution in [0.3, 0.4) is 0 Å². The first-order valence-corrected chi connectivity index (χ1v) is 8.01. The van der Waals surface area contributed by atoms with E-state index in [1.807, 2.05) is 38.1 Å². The molecular formula is C20H18O5. The highest BCUT2D eigenvalue weighted by molar-refractivity contribution is 5.93. The van der Waals surface area contributed by atoms with Crippen LogP contribution in [-0.4, -0.2) is 14.2 Å². The van der Waals surface area contributed by atoms with Crippen molar-refractivity contribution in [1.29, 1.82) is 0 Å². The molecular weight excluding hydrogens is 320 g/mol. The van der Waals surface area contributed by atoms with Crippen LogP contribution in [0, 0.1) is 13.8 Å². The van der Waals surface area contributed by atoms with Crippen molar-refractivity contribution in [2.75, 3.05) is 14.2 Å². The quantitative estimate of drug-likeness (QED) is 0.707. The van der Waals surface area contributed by atoms with Crippen LogP contribution in [0.25, 0.3) is 22.3 Å². The van der Waals surface area contributed by atoms with Crippen LogP contribution in [-0.2, 0) is 6.61 Å². The fourth-order valence-electron chi connectivity index (χ4n) is 3.55. The zero-order chi connectivity index (χ0) is 17.7. The summed E-state index contributed by atoms with van der Waals surface area (Å²) in [6.45, 7) is 4.08. The highest BCUT2D eigenvalue weighted by atomic mass is 16.5. The minimum atomic E-state index is -0.226. The van der Waals surface area contributed by atoms with E-state index < -0.39 is 0 Å². The van der Waals surface area contributed by atoms with Gasteiger partial charge in [-0.3, -0.25) is 4.79 Å². The summed E-state index contributed by atoms with van der Waals surface area (Å²) in [6.07, 6.45) is 0. The molecule has 3 aromatic rings. The number of aryl methyl sites for hydroxylation is 1. The maximum atomic E-state index is 13.2. The van der Waals surface area contributed by atoms with E-state index in [-0.39, 0.29) is 11.2 Å². The second kappa shape index (κ2) is 5.55. The Labute approximate surface area is 144 Å². The maximum absolute atomic E-state index is 13.2. The molecule has 5 nitrogen and oxygen atoms in total. The first kappa shape index (κ1) is 15.6. The highest BCUT2D eigenvalue weighted by Gasteiger charge is 2.28. The fraction of sp³-hybridized carbons (Fsp3) is 0.250. The Morgan fingerprint density at radius 3 is 2.44 bits per heavy atom. The van der Waals surface area contributed by atoms with Crippen molar-refractivity contribution < 1.29 is 18.6 Å².